The zero-order valence-electron chi connectivity index (χ0n) is 11.2. The molecule has 0 spiro atoms. The highest BCUT2D eigenvalue weighted by Gasteiger charge is 2.14. The number of pyridine rings is 1. The average Bonchev–Trinajstić information content (AvgIpc) is 2.74. The van der Waals surface area contributed by atoms with Crippen molar-refractivity contribution >= 4 is 17.4 Å². The van der Waals surface area contributed by atoms with Gasteiger partial charge in [-0.1, -0.05) is 6.07 Å². The SMILES string of the molecule is Cc1cc(C)nc(Sc2nc3ccccn3c2CO)n1. The molecule has 5 nitrogen and oxygen atoms in total. The fourth-order valence-corrected chi connectivity index (χ4v) is 3.05. The van der Waals surface area contributed by atoms with Crippen LogP contribution in [0.1, 0.15) is 17.1 Å². The van der Waals surface area contributed by atoms with E-state index >= 15 is 0 Å². The van der Waals surface area contributed by atoms with Gasteiger partial charge in [0.25, 0.3) is 0 Å². The Morgan fingerprint density at radius 3 is 2.60 bits per heavy atom. The van der Waals surface area contributed by atoms with Crippen LogP contribution in [0.15, 0.2) is 40.6 Å². The summed E-state index contributed by atoms with van der Waals surface area (Å²) in [5.74, 6) is 0. The second kappa shape index (κ2) is 5.22. The van der Waals surface area contributed by atoms with Crippen molar-refractivity contribution in [1.29, 1.82) is 0 Å². The molecule has 0 saturated carbocycles. The van der Waals surface area contributed by atoms with Crippen LogP contribution in [0.5, 0.6) is 0 Å². The molecule has 3 rings (SSSR count). The molecule has 0 atom stereocenters. The van der Waals surface area contributed by atoms with Gasteiger partial charge in [-0.05, 0) is 43.8 Å². The monoisotopic (exact) mass is 286 g/mol. The van der Waals surface area contributed by atoms with E-state index in [4.69, 9.17) is 0 Å². The molecule has 0 aliphatic heterocycles. The van der Waals surface area contributed by atoms with E-state index in [-0.39, 0.29) is 6.61 Å². The van der Waals surface area contributed by atoms with Crippen molar-refractivity contribution in [2.24, 2.45) is 0 Å². The van der Waals surface area contributed by atoms with Crippen molar-refractivity contribution in [2.75, 3.05) is 0 Å². The smallest absolute Gasteiger partial charge is 0.194 e. The standard InChI is InChI=1S/C14H14N4OS/c1-9-7-10(2)16-14(15-9)20-13-11(8-19)18-6-4-3-5-12(18)17-13/h3-7,19H,8H2,1-2H3. The first-order valence-corrected chi connectivity index (χ1v) is 7.06. The zero-order chi connectivity index (χ0) is 14.1. The summed E-state index contributed by atoms with van der Waals surface area (Å²) in [5, 5.41) is 11.0. The minimum Gasteiger partial charge on any atom is -0.390 e. The van der Waals surface area contributed by atoms with Gasteiger partial charge in [-0.2, -0.15) is 0 Å². The first-order chi connectivity index (χ1) is 9.67. The van der Waals surface area contributed by atoms with Gasteiger partial charge in [-0.25, -0.2) is 15.0 Å². The third-order valence-electron chi connectivity index (χ3n) is 2.89. The molecule has 20 heavy (non-hydrogen) atoms. The lowest BCUT2D eigenvalue weighted by atomic mass is 10.4. The summed E-state index contributed by atoms with van der Waals surface area (Å²) in [7, 11) is 0. The number of rotatable bonds is 3. The summed E-state index contributed by atoms with van der Waals surface area (Å²) in [4.78, 5) is 13.3. The minimum atomic E-state index is -0.0711. The largest absolute Gasteiger partial charge is 0.390 e. The molecule has 0 radical (unpaired) electrons. The maximum atomic E-state index is 9.58. The van der Waals surface area contributed by atoms with Gasteiger partial charge in [0.15, 0.2) is 5.16 Å². The molecule has 0 fully saturated rings. The molecule has 3 aromatic heterocycles. The van der Waals surface area contributed by atoms with Gasteiger partial charge in [-0.15, -0.1) is 0 Å². The Morgan fingerprint density at radius 1 is 1.15 bits per heavy atom. The van der Waals surface area contributed by atoms with Crippen LogP contribution in [0, 0.1) is 13.8 Å². The Morgan fingerprint density at radius 2 is 1.90 bits per heavy atom. The first-order valence-electron chi connectivity index (χ1n) is 6.24. The zero-order valence-corrected chi connectivity index (χ0v) is 12.1. The number of imidazole rings is 1. The molecule has 6 heteroatoms. The molecular weight excluding hydrogens is 272 g/mol. The van der Waals surface area contributed by atoms with Gasteiger partial charge in [0.2, 0.25) is 0 Å². The molecule has 0 aliphatic rings. The Bertz CT molecular complexity index is 749. The number of aliphatic hydroxyl groups excluding tert-OH is 1. The van der Waals surface area contributed by atoms with Gasteiger partial charge in [0.1, 0.15) is 10.7 Å². The van der Waals surface area contributed by atoms with Crippen LogP contribution in [-0.4, -0.2) is 24.5 Å². The Labute approximate surface area is 120 Å². The number of hydrogen-bond donors (Lipinski definition) is 1. The van der Waals surface area contributed by atoms with E-state index in [9.17, 15) is 5.11 Å². The number of hydrogen-bond acceptors (Lipinski definition) is 5. The predicted molar refractivity (Wildman–Crippen MR) is 76.7 cm³/mol. The predicted octanol–water partition coefficient (Wildman–Crippen LogP) is 2.38. The fourth-order valence-electron chi connectivity index (χ4n) is 2.08. The lowest BCUT2D eigenvalue weighted by molar-refractivity contribution is 0.272. The molecule has 3 heterocycles. The summed E-state index contributed by atoms with van der Waals surface area (Å²) in [6.45, 7) is 3.81. The van der Waals surface area contributed by atoms with Gasteiger partial charge >= 0.3 is 0 Å². The first kappa shape index (κ1) is 13.1. The van der Waals surface area contributed by atoms with Gasteiger partial charge in [0, 0.05) is 17.6 Å². The van der Waals surface area contributed by atoms with E-state index in [2.05, 4.69) is 15.0 Å². The average molecular weight is 286 g/mol. The molecule has 0 amide bonds. The van der Waals surface area contributed by atoms with Crippen LogP contribution in [0.25, 0.3) is 5.65 Å². The number of aliphatic hydroxyl groups is 1. The van der Waals surface area contributed by atoms with Crippen molar-refractivity contribution in [3.63, 3.8) is 0 Å². The Hall–Kier alpha value is -1.92. The van der Waals surface area contributed by atoms with Crippen LogP contribution in [0.4, 0.5) is 0 Å². The second-order valence-corrected chi connectivity index (χ2v) is 5.44. The summed E-state index contributed by atoms with van der Waals surface area (Å²) in [6, 6.07) is 7.67. The number of nitrogens with zero attached hydrogens (tertiary/aromatic N) is 4. The Kier molecular flexibility index (Phi) is 3.42. The van der Waals surface area contributed by atoms with Crippen molar-refractivity contribution in [3.05, 3.63) is 47.5 Å². The van der Waals surface area contributed by atoms with Crippen molar-refractivity contribution in [2.45, 2.75) is 30.6 Å². The topological polar surface area (TPSA) is 63.3 Å². The maximum absolute atomic E-state index is 9.58. The third kappa shape index (κ3) is 2.39. The highest BCUT2D eigenvalue weighted by Crippen LogP contribution is 2.28. The maximum Gasteiger partial charge on any atom is 0.194 e. The van der Waals surface area contributed by atoms with E-state index in [1.54, 1.807) is 0 Å². The van der Waals surface area contributed by atoms with E-state index < -0.39 is 0 Å². The fraction of sp³-hybridized carbons (Fsp3) is 0.214. The lowest BCUT2D eigenvalue weighted by Crippen LogP contribution is -1.95. The number of aromatic nitrogens is 4. The summed E-state index contributed by atoms with van der Waals surface area (Å²) in [6.07, 6.45) is 1.89. The highest BCUT2D eigenvalue weighted by atomic mass is 32.2. The van der Waals surface area contributed by atoms with Crippen LogP contribution in [0.2, 0.25) is 0 Å². The minimum absolute atomic E-state index is 0.0711. The van der Waals surface area contributed by atoms with E-state index in [1.165, 1.54) is 11.8 Å². The second-order valence-electron chi connectivity index (χ2n) is 4.49. The third-order valence-corrected chi connectivity index (χ3v) is 3.78. The van der Waals surface area contributed by atoms with Crippen LogP contribution in [0.3, 0.4) is 0 Å². The molecule has 0 aromatic carbocycles. The van der Waals surface area contributed by atoms with Gasteiger partial charge in [-0.3, -0.25) is 0 Å². The molecule has 1 N–H and O–H groups in total. The van der Waals surface area contributed by atoms with E-state index in [0.717, 1.165) is 27.8 Å². The molecule has 0 unspecified atom stereocenters. The molecular formula is C14H14N4OS. The quantitative estimate of drug-likeness (QED) is 0.749. The van der Waals surface area contributed by atoms with Crippen molar-refractivity contribution < 1.29 is 5.11 Å². The van der Waals surface area contributed by atoms with Gasteiger partial charge in [0.05, 0.1) is 12.3 Å². The normalized spacial score (nSPS) is 11.2. The van der Waals surface area contributed by atoms with Gasteiger partial charge < -0.3 is 9.51 Å². The molecule has 102 valence electrons. The number of aryl methyl sites for hydroxylation is 2. The van der Waals surface area contributed by atoms with E-state index in [0.29, 0.717) is 5.16 Å². The van der Waals surface area contributed by atoms with Crippen LogP contribution in [-0.2, 0) is 6.61 Å². The molecule has 3 aromatic rings. The molecule has 0 bridgehead atoms. The van der Waals surface area contributed by atoms with Crippen LogP contribution < -0.4 is 0 Å². The van der Waals surface area contributed by atoms with Crippen LogP contribution >= 0.6 is 11.8 Å². The number of fused-ring (bicyclic) bond motifs is 1. The van der Waals surface area contributed by atoms with Crippen molar-refractivity contribution in [3.8, 4) is 0 Å². The summed E-state index contributed by atoms with van der Waals surface area (Å²) in [5.41, 5.74) is 3.42. The molecule has 0 aliphatic carbocycles. The Balaban J connectivity index is 2.05. The van der Waals surface area contributed by atoms with Crippen molar-refractivity contribution in [1.82, 2.24) is 19.4 Å². The lowest BCUT2D eigenvalue weighted by Gasteiger charge is -2.02. The summed E-state index contributed by atoms with van der Waals surface area (Å²) < 4.78 is 1.88. The van der Waals surface area contributed by atoms with E-state index in [1.807, 2.05) is 48.7 Å². The highest BCUT2D eigenvalue weighted by molar-refractivity contribution is 7.99. The summed E-state index contributed by atoms with van der Waals surface area (Å²) >= 11 is 1.38. The molecule has 0 saturated heterocycles.